The van der Waals surface area contributed by atoms with Crippen molar-refractivity contribution in [3.8, 4) is 5.75 Å². The molecule has 5 heteroatoms. The molecule has 0 saturated carbocycles. The molecule has 2 N–H and O–H groups in total. The minimum absolute atomic E-state index is 0.236. The molecule has 0 atom stereocenters. The van der Waals surface area contributed by atoms with Crippen molar-refractivity contribution in [2.24, 2.45) is 5.10 Å². The Balaban J connectivity index is 1.88. The minimum atomic E-state index is 0.236. The molecule has 1 aromatic heterocycles. The molecule has 0 spiro atoms. The van der Waals surface area contributed by atoms with Gasteiger partial charge in [0.05, 0.1) is 11.2 Å². The number of rotatable bonds is 3. The molecule has 0 fully saturated rings. The second kappa shape index (κ2) is 6.26. The Morgan fingerprint density at radius 2 is 1.87 bits per heavy atom. The quantitative estimate of drug-likeness (QED) is 0.540. The maximum absolute atomic E-state index is 9.32. The first-order chi connectivity index (χ1) is 11.0. The third kappa shape index (κ3) is 3.43. The number of aryl methyl sites for hydroxylation is 1. The average Bonchev–Trinajstić information content (AvgIpc) is 2.54. The summed E-state index contributed by atoms with van der Waals surface area (Å²) in [5, 5.41) is 15.4. The number of hydrogen-bond acceptors (Lipinski definition) is 4. The van der Waals surface area contributed by atoms with E-state index in [1.165, 1.54) is 0 Å². The molecule has 1 heterocycles. The SMILES string of the molecule is C/C(=N\Nc1cc(C)c2cc(Cl)ccc2n1)c1ccc(O)cc1. The van der Waals surface area contributed by atoms with E-state index in [2.05, 4.69) is 15.5 Å². The van der Waals surface area contributed by atoms with Gasteiger partial charge in [-0.1, -0.05) is 11.6 Å². The van der Waals surface area contributed by atoms with Crippen molar-refractivity contribution in [2.75, 3.05) is 5.43 Å². The highest BCUT2D eigenvalue weighted by atomic mass is 35.5. The summed E-state index contributed by atoms with van der Waals surface area (Å²) in [5.41, 5.74) is 6.67. The second-order valence-corrected chi connectivity index (χ2v) is 5.78. The Morgan fingerprint density at radius 1 is 1.13 bits per heavy atom. The first kappa shape index (κ1) is 15.3. The summed E-state index contributed by atoms with van der Waals surface area (Å²) in [6.45, 7) is 3.91. The van der Waals surface area contributed by atoms with Gasteiger partial charge in [-0.25, -0.2) is 4.98 Å². The lowest BCUT2D eigenvalue weighted by molar-refractivity contribution is 0.475. The van der Waals surface area contributed by atoms with E-state index in [4.69, 9.17) is 11.6 Å². The molecule has 0 bridgehead atoms. The van der Waals surface area contributed by atoms with Crippen LogP contribution in [0, 0.1) is 6.92 Å². The monoisotopic (exact) mass is 325 g/mol. The largest absolute Gasteiger partial charge is 0.508 e. The van der Waals surface area contributed by atoms with Crippen LogP contribution in [0.5, 0.6) is 5.75 Å². The van der Waals surface area contributed by atoms with Gasteiger partial charge in [0.15, 0.2) is 0 Å². The lowest BCUT2D eigenvalue weighted by atomic mass is 10.1. The smallest absolute Gasteiger partial charge is 0.147 e. The van der Waals surface area contributed by atoms with E-state index in [0.717, 1.165) is 27.7 Å². The number of benzene rings is 2. The average molecular weight is 326 g/mol. The fourth-order valence-corrected chi connectivity index (χ4v) is 2.50. The van der Waals surface area contributed by atoms with Crippen molar-refractivity contribution in [3.05, 3.63) is 64.7 Å². The van der Waals surface area contributed by atoms with Crippen molar-refractivity contribution >= 4 is 34.0 Å². The predicted octanol–water partition coefficient (Wildman–Crippen LogP) is 4.74. The van der Waals surface area contributed by atoms with E-state index >= 15 is 0 Å². The highest BCUT2D eigenvalue weighted by molar-refractivity contribution is 6.31. The van der Waals surface area contributed by atoms with E-state index < -0.39 is 0 Å². The van der Waals surface area contributed by atoms with Crippen molar-refractivity contribution < 1.29 is 5.11 Å². The molecule has 4 nitrogen and oxygen atoms in total. The first-order valence-corrected chi connectivity index (χ1v) is 7.57. The first-order valence-electron chi connectivity index (χ1n) is 7.19. The molecule has 0 saturated heterocycles. The Labute approximate surface area is 139 Å². The number of anilines is 1. The van der Waals surface area contributed by atoms with Crippen LogP contribution in [0.3, 0.4) is 0 Å². The van der Waals surface area contributed by atoms with Gasteiger partial charge in [-0.2, -0.15) is 5.10 Å². The molecule has 0 aliphatic carbocycles. The van der Waals surface area contributed by atoms with Crippen LogP contribution in [-0.4, -0.2) is 15.8 Å². The fraction of sp³-hybridized carbons (Fsp3) is 0.111. The zero-order chi connectivity index (χ0) is 16.4. The summed E-state index contributed by atoms with van der Waals surface area (Å²) in [6.07, 6.45) is 0. The van der Waals surface area contributed by atoms with Crippen molar-refractivity contribution in [3.63, 3.8) is 0 Å². The van der Waals surface area contributed by atoms with Gasteiger partial charge in [-0.15, -0.1) is 0 Å². The molecule has 116 valence electrons. The number of hydrogen-bond donors (Lipinski definition) is 2. The van der Waals surface area contributed by atoms with E-state index in [9.17, 15) is 5.11 Å². The van der Waals surface area contributed by atoms with Gasteiger partial charge >= 0.3 is 0 Å². The third-order valence-corrected chi connectivity index (χ3v) is 3.84. The van der Waals surface area contributed by atoms with Gasteiger partial charge in [0, 0.05) is 10.4 Å². The molecular weight excluding hydrogens is 310 g/mol. The van der Waals surface area contributed by atoms with E-state index in [-0.39, 0.29) is 5.75 Å². The number of nitrogens with zero attached hydrogens (tertiary/aromatic N) is 2. The number of fused-ring (bicyclic) bond motifs is 1. The molecule has 0 aliphatic heterocycles. The van der Waals surface area contributed by atoms with Crippen LogP contribution in [0.1, 0.15) is 18.1 Å². The molecular formula is C18H16ClN3O. The molecule has 23 heavy (non-hydrogen) atoms. The maximum Gasteiger partial charge on any atom is 0.147 e. The summed E-state index contributed by atoms with van der Waals surface area (Å²) in [7, 11) is 0. The number of hydrazone groups is 1. The maximum atomic E-state index is 9.32. The molecule has 3 rings (SSSR count). The van der Waals surface area contributed by atoms with E-state index in [1.54, 1.807) is 12.1 Å². The van der Waals surface area contributed by atoms with Gasteiger partial charge in [0.25, 0.3) is 0 Å². The highest BCUT2D eigenvalue weighted by Crippen LogP contribution is 2.23. The molecule has 0 aliphatic rings. The topological polar surface area (TPSA) is 57.5 Å². The van der Waals surface area contributed by atoms with Crippen LogP contribution in [0.15, 0.2) is 53.6 Å². The van der Waals surface area contributed by atoms with E-state index in [1.807, 2.05) is 50.2 Å². The number of phenols is 1. The molecule has 0 unspecified atom stereocenters. The lowest BCUT2D eigenvalue weighted by Crippen LogP contribution is -2.01. The van der Waals surface area contributed by atoms with Gasteiger partial charge < -0.3 is 5.11 Å². The van der Waals surface area contributed by atoms with Gasteiger partial charge in [0.2, 0.25) is 0 Å². The second-order valence-electron chi connectivity index (χ2n) is 5.34. The summed E-state index contributed by atoms with van der Waals surface area (Å²) < 4.78 is 0. The number of aromatic nitrogens is 1. The number of halogens is 1. The van der Waals surface area contributed by atoms with Crippen LogP contribution in [-0.2, 0) is 0 Å². The standard InChI is InChI=1S/C18H16ClN3O/c1-11-9-18(20-17-8-5-14(19)10-16(11)17)22-21-12(2)13-3-6-15(23)7-4-13/h3-10,23H,1-2H3,(H,20,22)/b21-12+. The zero-order valence-electron chi connectivity index (χ0n) is 12.8. The van der Waals surface area contributed by atoms with Gasteiger partial charge in [-0.05, 0) is 73.5 Å². The summed E-state index contributed by atoms with van der Waals surface area (Å²) >= 11 is 6.03. The van der Waals surface area contributed by atoms with Gasteiger partial charge in [-0.3, -0.25) is 5.43 Å². The molecule has 2 aromatic carbocycles. The summed E-state index contributed by atoms with van der Waals surface area (Å²) in [4.78, 5) is 4.54. The minimum Gasteiger partial charge on any atom is -0.508 e. The van der Waals surface area contributed by atoms with Crippen molar-refractivity contribution in [2.45, 2.75) is 13.8 Å². The summed E-state index contributed by atoms with van der Waals surface area (Å²) in [5.74, 6) is 0.912. The highest BCUT2D eigenvalue weighted by Gasteiger charge is 2.04. The Hall–Kier alpha value is -2.59. The van der Waals surface area contributed by atoms with Crippen molar-refractivity contribution in [1.82, 2.24) is 4.98 Å². The third-order valence-electron chi connectivity index (χ3n) is 3.60. The Bertz CT molecular complexity index is 889. The number of aromatic hydroxyl groups is 1. The van der Waals surface area contributed by atoms with Crippen LogP contribution < -0.4 is 5.43 Å². The predicted molar refractivity (Wildman–Crippen MR) is 95.4 cm³/mol. The number of phenolic OH excluding ortho intramolecular Hbond substituents is 1. The normalized spacial score (nSPS) is 11.7. The Morgan fingerprint density at radius 3 is 2.61 bits per heavy atom. The fourth-order valence-electron chi connectivity index (χ4n) is 2.33. The summed E-state index contributed by atoms with van der Waals surface area (Å²) in [6, 6.07) is 14.5. The van der Waals surface area contributed by atoms with Crippen molar-refractivity contribution in [1.29, 1.82) is 0 Å². The molecule has 0 radical (unpaired) electrons. The van der Waals surface area contributed by atoms with Gasteiger partial charge in [0.1, 0.15) is 11.6 Å². The number of pyridine rings is 1. The zero-order valence-corrected chi connectivity index (χ0v) is 13.6. The van der Waals surface area contributed by atoms with Crippen LogP contribution in [0.25, 0.3) is 10.9 Å². The van der Waals surface area contributed by atoms with Crippen LogP contribution in [0.4, 0.5) is 5.82 Å². The molecule has 3 aromatic rings. The lowest BCUT2D eigenvalue weighted by Gasteiger charge is -2.07. The number of nitrogens with one attached hydrogen (secondary N) is 1. The van der Waals surface area contributed by atoms with Crippen LogP contribution >= 0.6 is 11.6 Å². The molecule has 0 amide bonds. The van der Waals surface area contributed by atoms with E-state index in [0.29, 0.717) is 10.8 Å². The Kier molecular flexibility index (Phi) is 4.17. The van der Waals surface area contributed by atoms with Crippen LogP contribution in [0.2, 0.25) is 5.02 Å².